The molecule has 1 aromatic heterocycles. The van der Waals surface area contributed by atoms with Crippen LogP contribution in [0.2, 0.25) is 0 Å². The Kier molecular flexibility index (Phi) is 5.70. The number of nitrogens with one attached hydrogen (secondary N) is 1. The second-order valence-electron chi connectivity index (χ2n) is 7.00. The summed E-state index contributed by atoms with van der Waals surface area (Å²) in [6.45, 7) is 1.97. The summed E-state index contributed by atoms with van der Waals surface area (Å²) in [5.74, 6) is 1.27. The van der Waals surface area contributed by atoms with E-state index in [1.807, 2.05) is 41.3 Å². The zero-order valence-corrected chi connectivity index (χ0v) is 16.5. The van der Waals surface area contributed by atoms with E-state index in [4.69, 9.17) is 4.74 Å². The summed E-state index contributed by atoms with van der Waals surface area (Å²) >= 11 is 0. The number of aromatic nitrogens is 2. The predicted molar refractivity (Wildman–Crippen MR) is 112 cm³/mol. The Labute approximate surface area is 170 Å². The molecule has 1 N–H and O–H groups in total. The van der Waals surface area contributed by atoms with Crippen molar-refractivity contribution in [1.29, 1.82) is 0 Å². The average Bonchev–Trinajstić information content (AvgIpc) is 2.79. The lowest BCUT2D eigenvalue weighted by Gasteiger charge is -2.28. The van der Waals surface area contributed by atoms with Crippen molar-refractivity contribution in [3.8, 4) is 5.75 Å². The molecule has 0 atom stereocenters. The van der Waals surface area contributed by atoms with Crippen molar-refractivity contribution in [2.75, 3.05) is 25.5 Å². The van der Waals surface area contributed by atoms with Gasteiger partial charge in [-0.25, -0.2) is 9.97 Å². The van der Waals surface area contributed by atoms with Gasteiger partial charge in [-0.15, -0.1) is 0 Å². The highest BCUT2D eigenvalue weighted by molar-refractivity contribution is 5.92. The van der Waals surface area contributed by atoms with Gasteiger partial charge in [0.25, 0.3) is 5.91 Å². The van der Waals surface area contributed by atoms with Crippen LogP contribution in [-0.2, 0) is 19.4 Å². The molecule has 0 spiro atoms. The van der Waals surface area contributed by atoms with Gasteiger partial charge < -0.3 is 15.0 Å². The Morgan fingerprint density at radius 3 is 2.76 bits per heavy atom. The molecule has 6 nitrogen and oxygen atoms in total. The fraction of sp³-hybridized carbons (Fsp3) is 0.261. The third-order valence-corrected chi connectivity index (χ3v) is 5.16. The number of fused-ring (bicyclic) bond motifs is 1. The number of anilines is 1. The normalized spacial score (nSPS) is 12.9. The van der Waals surface area contributed by atoms with Crippen molar-refractivity contribution in [2.24, 2.45) is 0 Å². The Morgan fingerprint density at radius 1 is 1.10 bits per heavy atom. The molecule has 0 unspecified atom stereocenters. The summed E-state index contributed by atoms with van der Waals surface area (Å²) in [5.41, 5.74) is 4.05. The lowest BCUT2D eigenvalue weighted by Crippen LogP contribution is -2.36. The lowest BCUT2D eigenvalue weighted by molar-refractivity contribution is 0.0728. The number of nitrogens with zero attached hydrogens (tertiary/aromatic N) is 3. The van der Waals surface area contributed by atoms with Crippen molar-refractivity contribution in [2.45, 2.75) is 19.4 Å². The topological polar surface area (TPSA) is 67.3 Å². The third kappa shape index (κ3) is 4.37. The van der Waals surface area contributed by atoms with Gasteiger partial charge in [-0.2, -0.15) is 0 Å². The number of hydrogen-bond donors (Lipinski definition) is 1. The van der Waals surface area contributed by atoms with Crippen LogP contribution < -0.4 is 10.1 Å². The molecule has 0 saturated carbocycles. The highest BCUT2D eigenvalue weighted by Gasteiger charge is 2.22. The summed E-state index contributed by atoms with van der Waals surface area (Å²) < 4.78 is 5.38. The van der Waals surface area contributed by atoms with Crippen LogP contribution in [0.15, 0.2) is 60.8 Å². The molecule has 0 bridgehead atoms. The van der Waals surface area contributed by atoms with Crippen molar-refractivity contribution in [3.63, 3.8) is 0 Å². The van der Waals surface area contributed by atoms with Gasteiger partial charge >= 0.3 is 0 Å². The minimum atomic E-state index is -0.0605. The van der Waals surface area contributed by atoms with Crippen LogP contribution in [0.1, 0.15) is 27.2 Å². The first-order chi connectivity index (χ1) is 14.2. The third-order valence-electron chi connectivity index (χ3n) is 5.16. The molecule has 1 amide bonds. The Morgan fingerprint density at radius 2 is 1.90 bits per heavy atom. The fourth-order valence-electron chi connectivity index (χ4n) is 3.61. The smallest absolute Gasteiger partial charge is 0.272 e. The van der Waals surface area contributed by atoms with Gasteiger partial charge in [-0.1, -0.05) is 42.5 Å². The molecule has 6 heteroatoms. The van der Waals surface area contributed by atoms with Crippen LogP contribution in [0.5, 0.6) is 5.75 Å². The zero-order valence-electron chi connectivity index (χ0n) is 16.5. The van der Waals surface area contributed by atoms with E-state index in [0.29, 0.717) is 31.3 Å². The van der Waals surface area contributed by atoms with Crippen molar-refractivity contribution >= 4 is 11.9 Å². The second-order valence-corrected chi connectivity index (χ2v) is 7.00. The number of carbonyl (C=O) groups is 1. The van der Waals surface area contributed by atoms with Crippen LogP contribution in [0.25, 0.3) is 0 Å². The van der Waals surface area contributed by atoms with Crippen LogP contribution >= 0.6 is 0 Å². The van der Waals surface area contributed by atoms with E-state index in [1.54, 1.807) is 19.4 Å². The van der Waals surface area contributed by atoms with Crippen LogP contribution in [0.4, 0.5) is 5.95 Å². The van der Waals surface area contributed by atoms with Gasteiger partial charge in [0, 0.05) is 25.8 Å². The number of hydrogen-bond acceptors (Lipinski definition) is 5. The maximum absolute atomic E-state index is 12.9. The van der Waals surface area contributed by atoms with Gasteiger partial charge in [0.1, 0.15) is 11.4 Å². The Hall–Kier alpha value is -3.41. The second kappa shape index (κ2) is 8.73. The fourth-order valence-corrected chi connectivity index (χ4v) is 3.61. The van der Waals surface area contributed by atoms with Crippen molar-refractivity contribution in [3.05, 3.63) is 83.2 Å². The van der Waals surface area contributed by atoms with Gasteiger partial charge in [0.2, 0.25) is 5.95 Å². The minimum Gasteiger partial charge on any atom is -0.496 e. The summed E-state index contributed by atoms with van der Waals surface area (Å²) in [4.78, 5) is 23.5. The van der Waals surface area contributed by atoms with Crippen molar-refractivity contribution in [1.82, 2.24) is 14.9 Å². The van der Waals surface area contributed by atoms with E-state index in [2.05, 4.69) is 27.4 Å². The van der Waals surface area contributed by atoms with E-state index in [-0.39, 0.29) is 5.91 Å². The van der Waals surface area contributed by atoms with E-state index >= 15 is 0 Å². The van der Waals surface area contributed by atoms with Gasteiger partial charge in [-0.3, -0.25) is 4.79 Å². The summed E-state index contributed by atoms with van der Waals surface area (Å²) in [6, 6.07) is 17.9. The molecule has 2 aromatic carbocycles. The minimum absolute atomic E-state index is 0.0605. The molecule has 29 heavy (non-hydrogen) atoms. The van der Waals surface area contributed by atoms with Gasteiger partial charge in [0.05, 0.1) is 7.11 Å². The Bertz CT molecular complexity index is 1010. The molecule has 3 aromatic rings. The molecule has 1 aliphatic heterocycles. The van der Waals surface area contributed by atoms with Crippen molar-refractivity contribution < 1.29 is 9.53 Å². The monoisotopic (exact) mass is 388 g/mol. The van der Waals surface area contributed by atoms with Crippen LogP contribution in [0.3, 0.4) is 0 Å². The van der Waals surface area contributed by atoms with Gasteiger partial charge in [-0.05, 0) is 41.7 Å². The summed E-state index contributed by atoms with van der Waals surface area (Å²) in [7, 11) is 1.67. The number of amides is 1. The standard InChI is InChI=1S/C23H24N4O2/c1-29-21-9-5-4-7-18(21)10-13-24-23-25-14-11-20(26-23)22(28)27-15-12-17-6-2-3-8-19(17)16-27/h2-9,11,14H,10,12-13,15-16H2,1H3,(H,24,25,26). The molecule has 4 rings (SSSR count). The average molecular weight is 388 g/mol. The first-order valence-electron chi connectivity index (χ1n) is 9.79. The molecule has 148 valence electrons. The molecule has 0 radical (unpaired) electrons. The number of carbonyl (C=O) groups excluding carboxylic acids is 1. The largest absolute Gasteiger partial charge is 0.496 e. The lowest BCUT2D eigenvalue weighted by atomic mass is 10.00. The first kappa shape index (κ1) is 18.9. The molecule has 0 aliphatic carbocycles. The predicted octanol–water partition coefficient (Wildman–Crippen LogP) is 3.34. The number of methoxy groups -OCH3 is 1. The van der Waals surface area contributed by atoms with Crippen LogP contribution in [0, 0.1) is 0 Å². The SMILES string of the molecule is COc1ccccc1CCNc1nccc(C(=O)N2CCc3ccccc3C2)n1. The molecular formula is C23H24N4O2. The molecule has 2 heterocycles. The maximum atomic E-state index is 12.9. The summed E-state index contributed by atoms with van der Waals surface area (Å²) in [5, 5.41) is 3.21. The van der Waals surface area contributed by atoms with E-state index < -0.39 is 0 Å². The first-order valence-corrected chi connectivity index (χ1v) is 9.79. The highest BCUT2D eigenvalue weighted by Crippen LogP contribution is 2.20. The molecule has 0 saturated heterocycles. The zero-order chi connectivity index (χ0) is 20.1. The quantitative estimate of drug-likeness (QED) is 0.702. The molecular weight excluding hydrogens is 364 g/mol. The number of benzene rings is 2. The maximum Gasteiger partial charge on any atom is 0.272 e. The Balaban J connectivity index is 1.39. The van der Waals surface area contributed by atoms with E-state index in [9.17, 15) is 4.79 Å². The van der Waals surface area contributed by atoms with Gasteiger partial charge in [0.15, 0.2) is 0 Å². The van der Waals surface area contributed by atoms with E-state index in [0.717, 1.165) is 24.2 Å². The number of rotatable bonds is 6. The van der Waals surface area contributed by atoms with E-state index in [1.165, 1.54) is 11.1 Å². The summed E-state index contributed by atoms with van der Waals surface area (Å²) in [6.07, 6.45) is 3.27. The highest BCUT2D eigenvalue weighted by atomic mass is 16.5. The number of para-hydroxylation sites is 1. The molecule has 1 aliphatic rings. The number of ether oxygens (including phenoxy) is 1. The van der Waals surface area contributed by atoms with Crippen LogP contribution in [-0.4, -0.2) is 41.0 Å². The molecule has 0 fully saturated rings.